The Kier molecular flexibility index (Phi) is 5.50. The first-order chi connectivity index (χ1) is 10.9. The molecule has 23 heavy (non-hydrogen) atoms. The lowest BCUT2D eigenvalue weighted by molar-refractivity contribution is -0.136. The molecule has 1 amide bonds. The number of amides is 1. The number of esters is 1. The van der Waals surface area contributed by atoms with Crippen molar-refractivity contribution in [2.75, 3.05) is 13.7 Å². The second-order valence-electron chi connectivity index (χ2n) is 5.60. The van der Waals surface area contributed by atoms with Crippen LogP contribution in [-0.2, 0) is 14.3 Å². The fourth-order valence-corrected chi connectivity index (χ4v) is 2.77. The molecule has 0 aromatic heterocycles. The van der Waals surface area contributed by atoms with E-state index in [2.05, 4.69) is 11.3 Å². The summed E-state index contributed by atoms with van der Waals surface area (Å²) in [6.07, 6.45) is 0.00384. The minimum atomic E-state index is -0.643. The Hall–Kier alpha value is -2.21. The van der Waals surface area contributed by atoms with Crippen molar-refractivity contribution in [3.05, 3.63) is 47.8 Å². The van der Waals surface area contributed by atoms with Gasteiger partial charge < -0.3 is 14.7 Å². The van der Waals surface area contributed by atoms with Crippen molar-refractivity contribution in [2.45, 2.75) is 31.4 Å². The third-order valence-corrected chi connectivity index (χ3v) is 3.95. The third kappa shape index (κ3) is 4.16. The number of carbonyl (C=O) groups is 2. The minimum Gasteiger partial charge on any atom is -0.466 e. The zero-order valence-electron chi connectivity index (χ0n) is 13.0. The van der Waals surface area contributed by atoms with E-state index in [1.165, 1.54) is 24.1 Å². The van der Waals surface area contributed by atoms with Crippen molar-refractivity contribution in [3.63, 3.8) is 0 Å². The highest BCUT2D eigenvalue weighted by Crippen LogP contribution is 2.33. The Morgan fingerprint density at radius 3 is 2.83 bits per heavy atom. The normalized spacial score (nSPS) is 20.4. The molecule has 0 spiro atoms. The Bertz CT molecular complexity index is 616. The minimum absolute atomic E-state index is 0.0898. The van der Waals surface area contributed by atoms with Gasteiger partial charge in [-0.2, -0.15) is 0 Å². The highest BCUT2D eigenvalue weighted by Gasteiger charge is 2.35. The van der Waals surface area contributed by atoms with Crippen LogP contribution >= 0.6 is 0 Å². The molecule has 124 valence electrons. The van der Waals surface area contributed by atoms with Gasteiger partial charge in [0.05, 0.1) is 19.3 Å². The largest absolute Gasteiger partial charge is 0.466 e. The molecule has 6 heteroatoms. The predicted molar refractivity (Wildman–Crippen MR) is 81.9 cm³/mol. The average molecular weight is 321 g/mol. The first kappa shape index (κ1) is 17.1. The van der Waals surface area contributed by atoms with E-state index >= 15 is 0 Å². The number of aliphatic hydroxyl groups is 1. The van der Waals surface area contributed by atoms with Gasteiger partial charge in [-0.3, -0.25) is 4.79 Å². The number of aliphatic hydroxyl groups excluding tert-OH is 1. The zero-order chi connectivity index (χ0) is 17.0. The van der Waals surface area contributed by atoms with Crippen molar-refractivity contribution < 1.29 is 23.8 Å². The van der Waals surface area contributed by atoms with Gasteiger partial charge in [0.15, 0.2) is 0 Å². The summed E-state index contributed by atoms with van der Waals surface area (Å²) in [5.41, 5.74) is 0.879. The van der Waals surface area contributed by atoms with Gasteiger partial charge >= 0.3 is 5.97 Å². The molecule has 0 bridgehead atoms. The van der Waals surface area contributed by atoms with E-state index in [0.717, 1.165) is 0 Å². The molecular weight excluding hydrogens is 301 g/mol. The van der Waals surface area contributed by atoms with E-state index in [-0.39, 0.29) is 42.7 Å². The molecule has 1 aliphatic heterocycles. The van der Waals surface area contributed by atoms with Crippen LogP contribution in [0.5, 0.6) is 0 Å². The number of rotatable bonds is 5. The molecule has 1 aromatic carbocycles. The number of halogens is 1. The molecule has 1 aliphatic rings. The maximum absolute atomic E-state index is 13.4. The number of likely N-dealkylation sites (tertiary alicyclic amines) is 1. The van der Waals surface area contributed by atoms with Crippen LogP contribution in [0.1, 0.15) is 30.9 Å². The SMILES string of the molecule is C=C(CCC(=O)N1CC(O)CC1c1cccc(F)c1)C(=O)OC. The molecule has 1 N–H and O–H groups in total. The first-order valence-electron chi connectivity index (χ1n) is 7.41. The maximum Gasteiger partial charge on any atom is 0.333 e. The third-order valence-electron chi connectivity index (χ3n) is 3.95. The highest BCUT2D eigenvalue weighted by atomic mass is 19.1. The molecule has 2 atom stereocenters. The molecule has 1 heterocycles. The predicted octanol–water partition coefficient (Wildman–Crippen LogP) is 1.97. The van der Waals surface area contributed by atoms with Crippen LogP contribution in [0, 0.1) is 5.82 Å². The number of carbonyl (C=O) groups excluding carboxylic acids is 2. The van der Waals surface area contributed by atoms with E-state index in [1.54, 1.807) is 12.1 Å². The van der Waals surface area contributed by atoms with Gasteiger partial charge in [-0.25, -0.2) is 9.18 Å². The summed E-state index contributed by atoms with van der Waals surface area (Å²) < 4.78 is 17.9. The smallest absolute Gasteiger partial charge is 0.333 e. The summed E-state index contributed by atoms with van der Waals surface area (Å²) in [7, 11) is 1.26. The molecular formula is C17H20FNO4. The monoisotopic (exact) mass is 321 g/mol. The number of nitrogens with zero attached hydrogens (tertiary/aromatic N) is 1. The second kappa shape index (κ2) is 7.37. The van der Waals surface area contributed by atoms with Gasteiger partial charge in [0.2, 0.25) is 5.91 Å². The van der Waals surface area contributed by atoms with Crippen LogP contribution in [0.3, 0.4) is 0 Å². The Labute approximate surface area is 134 Å². The summed E-state index contributed by atoms with van der Waals surface area (Å²) in [5, 5.41) is 9.87. The molecule has 2 unspecified atom stereocenters. The van der Waals surface area contributed by atoms with Crippen LogP contribution in [0.25, 0.3) is 0 Å². The van der Waals surface area contributed by atoms with Crippen molar-refractivity contribution in [3.8, 4) is 0 Å². The fraction of sp³-hybridized carbons (Fsp3) is 0.412. The molecule has 2 rings (SSSR count). The lowest BCUT2D eigenvalue weighted by atomic mass is 10.0. The number of hydrogen-bond acceptors (Lipinski definition) is 4. The quantitative estimate of drug-likeness (QED) is 0.665. The number of hydrogen-bond donors (Lipinski definition) is 1. The van der Waals surface area contributed by atoms with Gasteiger partial charge in [0.25, 0.3) is 0 Å². The summed E-state index contributed by atoms with van der Waals surface area (Å²) in [6, 6.07) is 5.66. The maximum atomic E-state index is 13.4. The molecule has 1 aromatic rings. The Morgan fingerprint density at radius 1 is 1.43 bits per heavy atom. The van der Waals surface area contributed by atoms with Crippen molar-refractivity contribution >= 4 is 11.9 Å². The lowest BCUT2D eigenvalue weighted by Crippen LogP contribution is -2.31. The van der Waals surface area contributed by atoms with Crippen molar-refractivity contribution in [2.24, 2.45) is 0 Å². The number of benzene rings is 1. The summed E-state index contributed by atoms with van der Waals surface area (Å²) >= 11 is 0. The van der Waals surface area contributed by atoms with E-state index in [4.69, 9.17) is 0 Å². The second-order valence-corrected chi connectivity index (χ2v) is 5.60. The van der Waals surface area contributed by atoms with Gasteiger partial charge in [-0.1, -0.05) is 18.7 Å². The van der Waals surface area contributed by atoms with Gasteiger partial charge in [0, 0.05) is 18.5 Å². The van der Waals surface area contributed by atoms with Gasteiger partial charge in [0.1, 0.15) is 5.82 Å². The van der Waals surface area contributed by atoms with Crippen molar-refractivity contribution in [1.29, 1.82) is 0 Å². The number of methoxy groups -OCH3 is 1. The van der Waals surface area contributed by atoms with Crippen molar-refractivity contribution in [1.82, 2.24) is 4.90 Å². The van der Waals surface area contributed by atoms with Gasteiger partial charge in [-0.05, 0) is 30.5 Å². The van der Waals surface area contributed by atoms with Crippen LogP contribution in [0.15, 0.2) is 36.4 Å². The molecule has 0 saturated carbocycles. The molecule has 1 saturated heterocycles. The van der Waals surface area contributed by atoms with E-state index < -0.39 is 12.1 Å². The van der Waals surface area contributed by atoms with Crippen LogP contribution < -0.4 is 0 Å². The zero-order valence-corrected chi connectivity index (χ0v) is 13.0. The first-order valence-corrected chi connectivity index (χ1v) is 7.41. The Balaban J connectivity index is 2.05. The molecule has 5 nitrogen and oxygen atoms in total. The number of β-amino-alcohol motifs (C(OH)–C–C–N with tert-alkyl or cyclic N) is 1. The lowest BCUT2D eigenvalue weighted by Gasteiger charge is -2.25. The average Bonchev–Trinajstić information content (AvgIpc) is 2.93. The summed E-state index contributed by atoms with van der Waals surface area (Å²) in [6.45, 7) is 3.78. The van der Waals surface area contributed by atoms with E-state index in [1.807, 2.05) is 0 Å². The highest BCUT2D eigenvalue weighted by molar-refractivity contribution is 5.88. The van der Waals surface area contributed by atoms with Crippen LogP contribution in [0.2, 0.25) is 0 Å². The summed E-state index contributed by atoms with van der Waals surface area (Å²) in [5.74, 6) is -1.13. The van der Waals surface area contributed by atoms with Gasteiger partial charge in [-0.15, -0.1) is 0 Å². The topological polar surface area (TPSA) is 66.8 Å². The summed E-state index contributed by atoms with van der Waals surface area (Å²) in [4.78, 5) is 25.2. The van der Waals surface area contributed by atoms with E-state index in [9.17, 15) is 19.1 Å². The number of ether oxygens (including phenoxy) is 1. The standard InChI is InChI=1S/C17H20FNO4/c1-11(17(22)23-2)6-7-16(21)19-10-14(20)9-15(19)12-4-3-5-13(18)8-12/h3-5,8,14-15,20H,1,6-7,9-10H2,2H3. The Morgan fingerprint density at radius 2 is 2.17 bits per heavy atom. The van der Waals surface area contributed by atoms with E-state index in [0.29, 0.717) is 12.0 Å². The van der Waals surface area contributed by atoms with Crippen LogP contribution in [-0.4, -0.2) is 41.6 Å². The molecule has 1 fully saturated rings. The van der Waals surface area contributed by atoms with Crippen LogP contribution in [0.4, 0.5) is 4.39 Å². The molecule has 0 aliphatic carbocycles. The fourth-order valence-electron chi connectivity index (χ4n) is 2.77. The molecule has 0 radical (unpaired) electrons.